The molecule has 0 fully saturated rings. The number of aryl methyl sites for hydroxylation is 1. The Balaban J connectivity index is 2.57. The van der Waals surface area contributed by atoms with Crippen LogP contribution in [0.3, 0.4) is 0 Å². The Bertz CT molecular complexity index is 619. The van der Waals surface area contributed by atoms with Crippen LogP contribution in [0.4, 0.5) is 0 Å². The second-order valence-electron chi connectivity index (χ2n) is 4.49. The summed E-state index contributed by atoms with van der Waals surface area (Å²) in [5, 5.41) is 0. The molecule has 0 radical (unpaired) electrons. The fourth-order valence-electron chi connectivity index (χ4n) is 2.19. The van der Waals surface area contributed by atoms with Crippen molar-refractivity contribution in [2.45, 2.75) is 19.8 Å². The van der Waals surface area contributed by atoms with Gasteiger partial charge in [0.05, 0.1) is 0 Å². The van der Waals surface area contributed by atoms with Gasteiger partial charge in [0.15, 0.2) is 0 Å². The maximum atomic E-state index is 11.1. The molecule has 0 unspecified atom stereocenters. The minimum absolute atomic E-state index is 0.218. The lowest BCUT2D eigenvalue weighted by Gasteiger charge is -2.16. The number of phosphoric acid groups is 1. The Morgan fingerprint density at radius 3 is 2.35 bits per heavy atom. The van der Waals surface area contributed by atoms with Crippen LogP contribution in [-0.2, 0) is 11.0 Å². The maximum Gasteiger partial charge on any atom is 0.524 e. The molecule has 0 amide bonds. The molecule has 5 heteroatoms. The Morgan fingerprint density at radius 2 is 1.75 bits per heavy atom. The summed E-state index contributed by atoms with van der Waals surface area (Å²) in [6.45, 7) is 2.06. The molecule has 2 aromatic rings. The molecule has 20 heavy (non-hydrogen) atoms. The average Bonchev–Trinajstić information content (AvgIpc) is 2.38. The molecule has 0 spiro atoms. The van der Waals surface area contributed by atoms with Gasteiger partial charge < -0.3 is 4.52 Å². The molecule has 0 saturated carbocycles. The number of hydrogen-bond donors (Lipinski definition) is 2. The SMILES string of the molecule is CCCc1cccc(OP(=O)(O)O)c1-c1ccccc1. The highest BCUT2D eigenvalue weighted by Gasteiger charge is 2.20. The van der Waals surface area contributed by atoms with Crippen LogP contribution in [0.15, 0.2) is 48.5 Å². The lowest BCUT2D eigenvalue weighted by Crippen LogP contribution is -1.96. The number of phosphoric ester groups is 1. The van der Waals surface area contributed by atoms with E-state index in [1.807, 2.05) is 36.4 Å². The molecule has 0 saturated heterocycles. The van der Waals surface area contributed by atoms with E-state index in [1.165, 1.54) is 0 Å². The molecule has 4 nitrogen and oxygen atoms in total. The zero-order valence-electron chi connectivity index (χ0n) is 11.2. The molecular weight excluding hydrogens is 275 g/mol. The predicted molar refractivity (Wildman–Crippen MR) is 78.5 cm³/mol. The lowest BCUT2D eigenvalue weighted by atomic mass is 9.96. The summed E-state index contributed by atoms with van der Waals surface area (Å²) < 4.78 is 16.0. The summed E-state index contributed by atoms with van der Waals surface area (Å²) in [6.07, 6.45) is 1.77. The van der Waals surface area contributed by atoms with Crippen LogP contribution in [0.5, 0.6) is 5.75 Å². The van der Waals surface area contributed by atoms with Crippen LogP contribution in [0.2, 0.25) is 0 Å². The Kier molecular flexibility index (Phi) is 4.61. The van der Waals surface area contributed by atoms with Crippen molar-refractivity contribution >= 4 is 7.82 Å². The van der Waals surface area contributed by atoms with Gasteiger partial charge in [0.2, 0.25) is 0 Å². The van der Waals surface area contributed by atoms with E-state index < -0.39 is 7.82 Å². The van der Waals surface area contributed by atoms with Gasteiger partial charge in [-0.3, -0.25) is 9.79 Å². The van der Waals surface area contributed by atoms with Gasteiger partial charge in [-0.2, -0.15) is 0 Å². The first kappa shape index (κ1) is 14.8. The van der Waals surface area contributed by atoms with Gasteiger partial charge in [-0.05, 0) is 23.6 Å². The standard InChI is InChI=1S/C15H17O4P/c1-2-7-12-10-6-11-14(19-20(16,17)18)15(12)13-8-4-3-5-9-13/h3-6,8-11H,2,7H2,1H3,(H2,16,17,18). The fourth-order valence-corrected chi connectivity index (χ4v) is 2.60. The van der Waals surface area contributed by atoms with Gasteiger partial charge in [-0.15, -0.1) is 0 Å². The zero-order chi connectivity index (χ0) is 14.6. The molecule has 2 N–H and O–H groups in total. The van der Waals surface area contributed by atoms with E-state index in [2.05, 4.69) is 6.92 Å². The van der Waals surface area contributed by atoms with Crippen molar-refractivity contribution in [1.29, 1.82) is 0 Å². The number of benzene rings is 2. The second-order valence-corrected chi connectivity index (χ2v) is 5.65. The van der Waals surface area contributed by atoms with Crippen LogP contribution in [0.1, 0.15) is 18.9 Å². The van der Waals surface area contributed by atoms with Crippen molar-refractivity contribution in [1.82, 2.24) is 0 Å². The summed E-state index contributed by atoms with van der Waals surface area (Å²) in [5.74, 6) is 0.218. The van der Waals surface area contributed by atoms with Gasteiger partial charge in [-0.25, -0.2) is 4.57 Å². The topological polar surface area (TPSA) is 66.8 Å². The summed E-state index contributed by atoms with van der Waals surface area (Å²) >= 11 is 0. The third-order valence-corrected chi connectivity index (χ3v) is 3.35. The van der Waals surface area contributed by atoms with Gasteiger partial charge in [0.25, 0.3) is 0 Å². The Labute approximate surface area is 118 Å². The minimum Gasteiger partial charge on any atom is -0.404 e. The van der Waals surface area contributed by atoms with Crippen molar-refractivity contribution in [3.63, 3.8) is 0 Å². The van der Waals surface area contributed by atoms with Crippen LogP contribution in [0.25, 0.3) is 11.1 Å². The summed E-state index contributed by atoms with van der Waals surface area (Å²) in [5.41, 5.74) is 2.66. The summed E-state index contributed by atoms with van der Waals surface area (Å²) in [7, 11) is -4.57. The van der Waals surface area contributed by atoms with Crippen molar-refractivity contribution in [2.75, 3.05) is 0 Å². The number of rotatable bonds is 5. The van der Waals surface area contributed by atoms with Gasteiger partial charge >= 0.3 is 7.82 Å². The molecule has 2 rings (SSSR count). The van der Waals surface area contributed by atoms with E-state index >= 15 is 0 Å². The van der Waals surface area contributed by atoms with Crippen LogP contribution >= 0.6 is 7.82 Å². The molecule has 0 aliphatic carbocycles. The number of hydrogen-bond acceptors (Lipinski definition) is 2. The fraction of sp³-hybridized carbons (Fsp3) is 0.200. The van der Waals surface area contributed by atoms with E-state index in [-0.39, 0.29) is 5.75 Å². The molecule has 2 aromatic carbocycles. The molecule has 0 aliphatic rings. The van der Waals surface area contributed by atoms with E-state index in [1.54, 1.807) is 12.1 Å². The largest absolute Gasteiger partial charge is 0.524 e. The third-order valence-electron chi connectivity index (χ3n) is 2.91. The highest BCUT2D eigenvalue weighted by atomic mass is 31.2. The Hall–Kier alpha value is -1.61. The van der Waals surface area contributed by atoms with Gasteiger partial charge in [0, 0.05) is 5.56 Å². The van der Waals surface area contributed by atoms with Crippen molar-refractivity contribution in [3.05, 3.63) is 54.1 Å². The summed E-state index contributed by atoms with van der Waals surface area (Å²) in [6, 6.07) is 14.8. The van der Waals surface area contributed by atoms with Crippen molar-refractivity contribution in [3.8, 4) is 16.9 Å². The Morgan fingerprint density at radius 1 is 1.05 bits per heavy atom. The quantitative estimate of drug-likeness (QED) is 0.823. The van der Waals surface area contributed by atoms with Gasteiger partial charge in [-0.1, -0.05) is 55.8 Å². The highest BCUT2D eigenvalue weighted by molar-refractivity contribution is 7.46. The zero-order valence-corrected chi connectivity index (χ0v) is 12.1. The first-order valence-electron chi connectivity index (χ1n) is 6.43. The third kappa shape index (κ3) is 3.70. The second kappa shape index (κ2) is 6.23. The molecule has 0 atom stereocenters. The molecule has 0 bridgehead atoms. The molecular formula is C15H17O4P. The van der Waals surface area contributed by atoms with E-state index in [4.69, 9.17) is 14.3 Å². The first-order valence-corrected chi connectivity index (χ1v) is 7.96. The molecule has 0 aromatic heterocycles. The van der Waals surface area contributed by atoms with E-state index in [0.29, 0.717) is 0 Å². The molecule has 106 valence electrons. The first-order chi connectivity index (χ1) is 9.51. The molecule has 0 aliphatic heterocycles. The molecule has 0 heterocycles. The van der Waals surface area contributed by atoms with Crippen LogP contribution in [0, 0.1) is 0 Å². The predicted octanol–water partition coefficient (Wildman–Crippen LogP) is 3.78. The lowest BCUT2D eigenvalue weighted by molar-refractivity contribution is 0.283. The monoisotopic (exact) mass is 292 g/mol. The normalized spacial score (nSPS) is 11.3. The highest BCUT2D eigenvalue weighted by Crippen LogP contribution is 2.43. The van der Waals surface area contributed by atoms with Crippen molar-refractivity contribution in [2.24, 2.45) is 0 Å². The van der Waals surface area contributed by atoms with Crippen molar-refractivity contribution < 1.29 is 18.9 Å². The maximum absolute atomic E-state index is 11.1. The minimum atomic E-state index is -4.57. The van der Waals surface area contributed by atoms with Crippen LogP contribution < -0.4 is 4.52 Å². The average molecular weight is 292 g/mol. The van der Waals surface area contributed by atoms with E-state index in [9.17, 15) is 4.57 Å². The smallest absolute Gasteiger partial charge is 0.404 e. The van der Waals surface area contributed by atoms with Gasteiger partial charge in [0.1, 0.15) is 5.75 Å². The summed E-state index contributed by atoms with van der Waals surface area (Å²) in [4.78, 5) is 18.1. The van der Waals surface area contributed by atoms with Crippen LogP contribution in [-0.4, -0.2) is 9.79 Å². The van der Waals surface area contributed by atoms with E-state index in [0.717, 1.165) is 29.5 Å².